The van der Waals surface area contributed by atoms with E-state index in [4.69, 9.17) is 9.97 Å². The van der Waals surface area contributed by atoms with E-state index in [2.05, 4.69) is 49.9 Å². The fourth-order valence-corrected chi connectivity index (χ4v) is 3.96. The molecule has 1 aliphatic rings. The molecule has 3 heteroatoms. The SMILES string of the molecule is Cc1cc(C)c(N2c3ncccc3CCCc3cccnc32)c(C)c1. The monoisotopic (exact) mass is 329 g/mol. The normalized spacial score (nSPS) is 13.6. The standard InChI is InChI=1S/C22H23N3/c1-15-13-16(2)20(17(3)14-15)25-21-18(9-5-11-23-21)7-4-8-19-10-6-12-24-22(19)25/h5-6,9-14H,4,7-8H2,1-3H3. The highest BCUT2D eigenvalue weighted by atomic mass is 15.2. The van der Waals surface area contributed by atoms with Gasteiger partial charge in [0.15, 0.2) is 0 Å². The smallest absolute Gasteiger partial charge is 0.141 e. The van der Waals surface area contributed by atoms with E-state index in [9.17, 15) is 0 Å². The molecule has 0 unspecified atom stereocenters. The van der Waals surface area contributed by atoms with E-state index < -0.39 is 0 Å². The zero-order valence-electron chi connectivity index (χ0n) is 15.1. The van der Waals surface area contributed by atoms with Crippen molar-refractivity contribution in [1.82, 2.24) is 9.97 Å². The molecule has 0 amide bonds. The van der Waals surface area contributed by atoms with Gasteiger partial charge >= 0.3 is 0 Å². The van der Waals surface area contributed by atoms with E-state index in [1.54, 1.807) is 0 Å². The average molecular weight is 329 g/mol. The van der Waals surface area contributed by atoms with Gasteiger partial charge < -0.3 is 0 Å². The van der Waals surface area contributed by atoms with Gasteiger partial charge in [-0.25, -0.2) is 9.97 Å². The van der Waals surface area contributed by atoms with Crippen molar-refractivity contribution < 1.29 is 0 Å². The van der Waals surface area contributed by atoms with Gasteiger partial charge in [-0.1, -0.05) is 29.8 Å². The van der Waals surface area contributed by atoms with E-state index in [-0.39, 0.29) is 0 Å². The second-order valence-electron chi connectivity index (χ2n) is 6.91. The van der Waals surface area contributed by atoms with Gasteiger partial charge in [-0.15, -0.1) is 0 Å². The molecule has 0 saturated carbocycles. The summed E-state index contributed by atoms with van der Waals surface area (Å²) in [7, 11) is 0. The number of nitrogens with zero attached hydrogens (tertiary/aromatic N) is 3. The van der Waals surface area contributed by atoms with Gasteiger partial charge in [0.05, 0.1) is 5.69 Å². The number of aromatic nitrogens is 2. The second-order valence-corrected chi connectivity index (χ2v) is 6.91. The Hall–Kier alpha value is -2.68. The molecule has 0 aliphatic carbocycles. The van der Waals surface area contributed by atoms with E-state index in [1.807, 2.05) is 24.5 Å². The molecule has 126 valence electrons. The van der Waals surface area contributed by atoms with Crippen LogP contribution in [0.2, 0.25) is 0 Å². The van der Waals surface area contributed by atoms with Crippen LogP contribution in [-0.2, 0) is 12.8 Å². The van der Waals surface area contributed by atoms with Crippen molar-refractivity contribution >= 4 is 17.3 Å². The van der Waals surface area contributed by atoms with Gasteiger partial charge in [-0.2, -0.15) is 0 Å². The molecular weight excluding hydrogens is 306 g/mol. The highest BCUT2D eigenvalue weighted by molar-refractivity contribution is 5.80. The zero-order chi connectivity index (χ0) is 17.4. The first kappa shape index (κ1) is 15.8. The summed E-state index contributed by atoms with van der Waals surface area (Å²) in [6.45, 7) is 6.51. The number of rotatable bonds is 1. The average Bonchev–Trinajstić information content (AvgIpc) is 2.58. The van der Waals surface area contributed by atoms with E-state index in [0.717, 1.165) is 30.9 Å². The highest BCUT2D eigenvalue weighted by Crippen LogP contribution is 2.41. The minimum absolute atomic E-state index is 1.01. The van der Waals surface area contributed by atoms with E-state index in [0.29, 0.717) is 0 Å². The third-order valence-electron chi connectivity index (χ3n) is 4.91. The van der Waals surface area contributed by atoms with Crippen molar-refractivity contribution in [3.63, 3.8) is 0 Å². The molecule has 0 atom stereocenters. The number of pyridine rings is 2. The van der Waals surface area contributed by atoms with Gasteiger partial charge in [0.25, 0.3) is 0 Å². The molecule has 0 saturated heterocycles. The maximum absolute atomic E-state index is 4.77. The number of benzene rings is 1. The van der Waals surface area contributed by atoms with Crippen molar-refractivity contribution in [1.29, 1.82) is 0 Å². The Bertz CT molecular complexity index is 860. The van der Waals surface area contributed by atoms with Crippen LogP contribution in [0.25, 0.3) is 0 Å². The first-order valence-corrected chi connectivity index (χ1v) is 8.91. The minimum Gasteiger partial charge on any atom is -0.278 e. The molecule has 0 spiro atoms. The zero-order valence-corrected chi connectivity index (χ0v) is 15.1. The predicted octanol–water partition coefficient (Wildman–Crippen LogP) is 5.36. The Kier molecular flexibility index (Phi) is 4.00. The molecule has 0 N–H and O–H groups in total. The first-order chi connectivity index (χ1) is 12.1. The number of hydrogen-bond acceptors (Lipinski definition) is 3. The lowest BCUT2D eigenvalue weighted by Gasteiger charge is -2.31. The van der Waals surface area contributed by atoms with Crippen LogP contribution in [0.3, 0.4) is 0 Å². The van der Waals surface area contributed by atoms with Crippen molar-refractivity contribution in [2.75, 3.05) is 4.90 Å². The van der Waals surface area contributed by atoms with Crippen LogP contribution in [-0.4, -0.2) is 9.97 Å². The molecule has 25 heavy (non-hydrogen) atoms. The lowest BCUT2D eigenvalue weighted by atomic mass is 9.98. The molecule has 3 heterocycles. The number of aryl methyl sites for hydroxylation is 5. The molecule has 4 rings (SSSR count). The highest BCUT2D eigenvalue weighted by Gasteiger charge is 2.25. The maximum Gasteiger partial charge on any atom is 0.141 e. The summed E-state index contributed by atoms with van der Waals surface area (Å²) >= 11 is 0. The largest absolute Gasteiger partial charge is 0.278 e. The van der Waals surface area contributed by atoms with Crippen LogP contribution >= 0.6 is 0 Å². The molecule has 3 nitrogen and oxygen atoms in total. The fourth-order valence-electron chi connectivity index (χ4n) is 3.96. The van der Waals surface area contributed by atoms with Gasteiger partial charge in [0.1, 0.15) is 11.6 Å². The summed E-state index contributed by atoms with van der Waals surface area (Å²) in [5, 5.41) is 0. The first-order valence-electron chi connectivity index (χ1n) is 8.91. The van der Waals surface area contributed by atoms with Gasteiger partial charge in [0.2, 0.25) is 0 Å². The topological polar surface area (TPSA) is 29.0 Å². The van der Waals surface area contributed by atoms with Crippen LogP contribution in [0, 0.1) is 20.8 Å². The predicted molar refractivity (Wildman–Crippen MR) is 103 cm³/mol. The van der Waals surface area contributed by atoms with Gasteiger partial charge in [-0.3, -0.25) is 4.90 Å². The fraction of sp³-hybridized carbons (Fsp3) is 0.273. The summed E-state index contributed by atoms with van der Waals surface area (Å²) in [6, 6.07) is 12.9. The van der Waals surface area contributed by atoms with Crippen LogP contribution in [0.1, 0.15) is 34.2 Å². The van der Waals surface area contributed by atoms with Crippen LogP contribution in [0.5, 0.6) is 0 Å². The Morgan fingerprint density at radius 3 is 1.84 bits per heavy atom. The lowest BCUT2D eigenvalue weighted by molar-refractivity contribution is 0.798. The summed E-state index contributed by atoms with van der Waals surface area (Å²) in [5.41, 5.74) is 7.58. The number of hydrogen-bond donors (Lipinski definition) is 0. The van der Waals surface area contributed by atoms with Crippen molar-refractivity contribution in [2.45, 2.75) is 40.0 Å². The minimum atomic E-state index is 1.01. The maximum atomic E-state index is 4.77. The Morgan fingerprint density at radius 1 is 0.800 bits per heavy atom. The summed E-state index contributed by atoms with van der Waals surface area (Å²) in [5.74, 6) is 2.02. The summed E-state index contributed by atoms with van der Waals surface area (Å²) in [6.07, 6.45) is 6.97. The Balaban J connectivity index is 2.04. The van der Waals surface area contributed by atoms with Crippen molar-refractivity contribution in [3.8, 4) is 0 Å². The molecule has 0 bridgehead atoms. The van der Waals surface area contributed by atoms with Gasteiger partial charge in [0, 0.05) is 12.4 Å². The molecule has 1 aromatic carbocycles. The molecule has 0 radical (unpaired) electrons. The second kappa shape index (κ2) is 6.32. The molecular formula is C22H23N3. The van der Waals surface area contributed by atoms with Crippen LogP contribution in [0.15, 0.2) is 48.8 Å². The van der Waals surface area contributed by atoms with Crippen LogP contribution < -0.4 is 4.90 Å². The third-order valence-corrected chi connectivity index (χ3v) is 4.91. The number of anilines is 3. The summed E-state index contributed by atoms with van der Waals surface area (Å²) < 4.78 is 0. The van der Waals surface area contributed by atoms with Crippen molar-refractivity contribution in [2.24, 2.45) is 0 Å². The van der Waals surface area contributed by atoms with E-state index in [1.165, 1.54) is 33.5 Å². The van der Waals surface area contributed by atoms with Gasteiger partial charge in [-0.05, 0) is 74.4 Å². The Labute approximate surface area is 149 Å². The number of fused-ring (bicyclic) bond motifs is 2. The van der Waals surface area contributed by atoms with Crippen molar-refractivity contribution in [3.05, 3.63) is 76.6 Å². The van der Waals surface area contributed by atoms with Crippen LogP contribution in [0.4, 0.5) is 17.3 Å². The molecule has 2 aromatic heterocycles. The third kappa shape index (κ3) is 2.80. The summed E-state index contributed by atoms with van der Waals surface area (Å²) in [4.78, 5) is 11.8. The molecule has 1 aliphatic heterocycles. The molecule has 3 aromatic rings. The van der Waals surface area contributed by atoms with E-state index >= 15 is 0 Å². The molecule has 0 fully saturated rings. The Morgan fingerprint density at radius 2 is 1.32 bits per heavy atom. The quantitative estimate of drug-likeness (QED) is 0.602. The lowest BCUT2D eigenvalue weighted by Crippen LogP contribution is -2.20.